The summed E-state index contributed by atoms with van der Waals surface area (Å²) in [6.45, 7) is 0. The van der Waals surface area contributed by atoms with Crippen LogP contribution in [-0.2, 0) is 6.18 Å². The summed E-state index contributed by atoms with van der Waals surface area (Å²) in [5, 5.41) is 3.56. The smallest absolute Gasteiger partial charge is 0.221 e. The van der Waals surface area contributed by atoms with E-state index in [1.807, 2.05) is 22.6 Å². The van der Waals surface area contributed by atoms with Gasteiger partial charge in [-0.2, -0.15) is 18.3 Å². The first kappa shape index (κ1) is 12.6. The molecule has 0 saturated heterocycles. The number of nitrogens with zero attached hydrogens (tertiary/aromatic N) is 4. The van der Waals surface area contributed by atoms with Crippen molar-refractivity contribution in [3.05, 3.63) is 33.0 Å². The predicted molar refractivity (Wildman–Crippen MR) is 61.9 cm³/mol. The minimum atomic E-state index is -4.64. The number of halogens is 5. The third-order valence-electron chi connectivity index (χ3n) is 1.72. The molecule has 90 valence electrons. The fourth-order valence-electron chi connectivity index (χ4n) is 1.08. The highest BCUT2D eigenvalue weighted by Gasteiger charge is 2.35. The van der Waals surface area contributed by atoms with Gasteiger partial charge < -0.3 is 0 Å². The van der Waals surface area contributed by atoms with Crippen molar-refractivity contribution >= 4 is 34.2 Å². The highest BCUT2D eigenvalue weighted by molar-refractivity contribution is 14.1. The molecular weight excluding hydrogens is 371 g/mol. The second kappa shape index (κ2) is 4.41. The number of alkyl halides is 3. The van der Waals surface area contributed by atoms with E-state index in [2.05, 4.69) is 15.1 Å². The Bertz CT molecular complexity index is 554. The molecule has 0 bridgehead atoms. The molecule has 0 radical (unpaired) electrons. The zero-order valence-electron chi connectivity index (χ0n) is 7.91. The molecule has 2 aromatic heterocycles. The Labute approximate surface area is 112 Å². The molecule has 17 heavy (non-hydrogen) atoms. The van der Waals surface area contributed by atoms with Crippen LogP contribution < -0.4 is 0 Å². The fraction of sp³-hybridized carbons (Fsp3) is 0.125. The molecule has 4 nitrogen and oxygen atoms in total. The highest BCUT2D eigenvalue weighted by atomic mass is 127. The van der Waals surface area contributed by atoms with Gasteiger partial charge in [0.15, 0.2) is 5.82 Å². The Balaban J connectivity index is 2.52. The Hall–Kier alpha value is -0.900. The molecule has 9 heteroatoms. The maximum Gasteiger partial charge on any atom is 0.451 e. The first-order chi connectivity index (χ1) is 7.86. The normalized spacial score (nSPS) is 11.8. The van der Waals surface area contributed by atoms with Gasteiger partial charge in [0.1, 0.15) is 5.15 Å². The van der Waals surface area contributed by atoms with E-state index >= 15 is 0 Å². The monoisotopic (exact) mass is 374 g/mol. The van der Waals surface area contributed by atoms with Gasteiger partial charge in [0.05, 0.1) is 9.77 Å². The molecule has 0 amide bonds. The van der Waals surface area contributed by atoms with Crippen molar-refractivity contribution in [2.75, 3.05) is 0 Å². The summed E-state index contributed by atoms with van der Waals surface area (Å²) in [5.41, 5.74) is 0. The lowest BCUT2D eigenvalue weighted by Crippen LogP contribution is -2.13. The van der Waals surface area contributed by atoms with E-state index in [4.69, 9.17) is 11.6 Å². The average molecular weight is 374 g/mol. The summed E-state index contributed by atoms with van der Waals surface area (Å²) in [4.78, 5) is 6.49. The van der Waals surface area contributed by atoms with E-state index in [0.717, 1.165) is 3.57 Å². The minimum Gasteiger partial charge on any atom is -0.221 e. The average Bonchev–Trinajstić information content (AvgIpc) is 2.62. The summed E-state index contributed by atoms with van der Waals surface area (Å²) >= 11 is 7.50. The number of rotatable bonds is 1. The van der Waals surface area contributed by atoms with Crippen molar-refractivity contribution in [2.45, 2.75) is 6.18 Å². The molecule has 0 fully saturated rings. The second-order valence-electron chi connectivity index (χ2n) is 2.97. The lowest BCUT2D eigenvalue weighted by atomic mass is 10.5. The van der Waals surface area contributed by atoms with Crippen LogP contribution in [0.4, 0.5) is 13.2 Å². The number of hydrogen-bond acceptors (Lipinski definition) is 3. The number of hydrogen-bond donors (Lipinski definition) is 0. The molecule has 0 N–H and O–H groups in total. The van der Waals surface area contributed by atoms with Crippen LogP contribution in [0.5, 0.6) is 0 Å². The van der Waals surface area contributed by atoms with Gasteiger partial charge in [0.25, 0.3) is 0 Å². The fourth-order valence-corrected chi connectivity index (χ4v) is 1.64. The Morgan fingerprint density at radius 2 is 2.00 bits per heavy atom. The van der Waals surface area contributed by atoms with Gasteiger partial charge >= 0.3 is 6.18 Å². The van der Waals surface area contributed by atoms with E-state index in [9.17, 15) is 13.2 Å². The van der Waals surface area contributed by atoms with Crippen LogP contribution in [-0.4, -0.2) is 19.7 Å². The van der Waals surface area contributed by atoms with Crippen molar-refractivity contribution in [3.8, 4) is 5.82 Å². The zero-order valence-corrected chi connectivity index (χ0v) is 10.8. The van der Waals surface area contributed by atoms with E-state index < -0.39 is 12.0 Å². The largest absolute Gasteiger partial charge is 0.451 e. The lowest BCUT2D eigenvalue weighted by molar-refractivity contribution is -0.145. The summed E-state index contributed by atoms with van der Waals surface area (Å²) in [6, 6.07) is 1.21. The second-order valence-corrected chi connectivity index (χ2v) is 4.61. The molecule has 2 aromatic rings. The molecular formula is C8H3ClF3IN4. The SMILES string of the molecule is FC(F)(F)c1nc(Cl)cc(-n2cc(I)cn2)n1. The minimum absolute atomic E-state index is 0.0276. The molecule has 0 saturated carbocycles. The first-order valence-corrected chi connectivity index (χ1v) is 5.64. The van der Waals surface area contributed by atoms with Crippen molar-refractivity contribution in [2.24, 2.45) is 0 Å². The number of aromatic nitrogens is 4. The van der Waals surface area contributed by atoms with Crippen molar-refractivity contribution < 1.29 is 13.2 Å². The molecule has 0 unspecified atom stereocenters. The highest BCUT2D eigenvalue weighted by Crippen LogP contribution is 2.27. The molecule has 0 spiro atoms. The molecule has 0 aliphatic rings. The standard InChI is InChI=1S/C8H3ClF3IN4/c9-5-1-6(17-3-4(13)2-14-17)16-7(15-5)8(10,11)12/h1-3H. The maximum absolute atomic E-state index is 12.5. The van der Waals surface area contributed by atoms with Crippen LogP contribution in [0.1, 0.15) is 5.82 Å². The third-order valence-corrected chi connectivity index (χ3v) is 2.47. The van der Waals surface area contributed by atoms with Crippen molar-refractivity contribution in [3.63, 3.8) is 0 Å². The van der Waals surface area contributed by atoms with Gasteiger partial charge in [-0.15, -0.1) is 0 Å². The molecule has 2 heterocycles. The maximum atomic E-state index is 12.5. The van der Waals surface area contributed by atoms with E-state index in [1.54, 1.807) is 0 Å². The van der Waals surface area contributed by atoms with Crippen LogP contribution in [0.25, 0.3) is 5.82 Å². The van der Waals surface area contributed by atoms with Gasteiger partial charge in [0, 0.05) is 12.3 Å². The van der Waals surface area contributed by atoms with Crippen LogP contribution in [0, 0.1) is 3.57 Å². The Kier molecular flexibility index (Phi) is 3.25. The van der Waals surface area contributed by atoms with E-state index in [-0.39, 0.29) is 11.0 Å². The van der Waals surface area contributed by atoms with Gasteiger partial charge in [-0.25, -0.2) is 14.6 Å². The third kappa shape index (κ3) is 2.86. The van der Waals surface area contributed by atoms with Gasteiger partial charge in [0.2, 0.25) is 5.82 Å². The summed E-state index contributed by atoms with van der Waals surface area (Å²) in [5.74, 6) is -1.31. The van der Waals surface area contributed by atoms with E-state index in [0.29, 0.717) is 0 Å². The molecule has 0 atom stereocenters. The molecule has 0 aromatic carbocycles. The van der Waals surface area contributed by atoms with E-state index in [1.165, 1.54) is 23.1 Å². The van der Waals surface area contributed by atoms with Gasteiger partial charge in [-0.3, -0.25) is 0 Å². The quantitative estimate of drug-likeness (QED) is 0.569. The Morgan fingerprint density at radius 1 is 1.29 bits per heavy atom. The van der Waals surface area contributed by atoms with Crippen LogP contribution in [0.15, 0.2) is 18.5 Å². The van der Waals surface area contributed by atoms with Crippen molar-refractivity contribution in [1.82, 2.24) is 19.7 Å². The predicted octanol–water partition coefficient (Wildman–Crippen LogP) is 2.94. The molecule has 2 rings (SSSR count). The summed E-state index contributed by atoms with van der Waals surface area (Å²) in [7, 11) is 0. The van der Waals surface area contributed by atoms with Gasteiger partial charge in [-0.05, 0) is 22.6 Å². The summed E-state index contributed by atoms with van der Waals surface area (Å²) in [6.07, 6.45) is -1.62. The summed E-state index contributed by atoms with van der Waals surface area (Å²) < 4.78 is 39.3. The Morgan fingerprint density at radius 3 is 2.53 bits per heavy atom. The molecule has 0 aliphatic heterocycles. The topological polar surface area (TPSA) is 43.6 Å². The van der Waals surface area contributed by atoms with Gasteiger partial charge in [-0.1, -0.05) is 11.6 Å². The van der Waals surface area contributed by atoms with Crippen LogP contribution in [0.2, 0.25) is 5.15 Å². The van der Waals surface area contributed by atoms with Crippen molar-refractivity contribution in [1.29, 1.82) is 0 Å². The van der Waals surface area contributed by atoms with Crippen LogP contribution >= 0.6 is 34.2 Å². The zero-order chi connectivity index (χ0) is 12.6. The first-order valence-electron chi connectivity index (χ1n) is 4.18. The van der Waals surface area contributed by atoms with Crippen LogP contribution in [0.3, 0.4) is 0 Å². The molecule has 0 aliphatic carbocycles. The lowest BCUT2D eigenvalue weighted by Gasteiger charge is -2.07.